The average molecular weight is 443 g/mol. The van der Waals surface area contributed by atoms with Crippen molar-refractivity contribution in [2.45, 2.75) is 39.3 Å². The molecular weight excluding hydrogens is 396 g/mol. The van der Waals surface area contributed by atoms with Gasteiger partial charge in [0.05, 0.1) is 0 Å². The predicted molar refractivity (Wildman–Crippen MR) is 119 cm³/mol. The lowest BCUT2D eigenvalue weighted by atomic mass is 10.5. The van der Waals surface area contributed by atoms with Crippen molar-refractivity contribution < 1.29 is 26.6 Å². The van der Waals surface area contributed by atoms with Gasteiger partial charge < -0.3 is 36.4 Å². The molecular formula is C18H46N2O6Si2. The minimum Gasteiger partial charge on any atom is -0.377 e. The van der Waals surface area contributed by atoms with Crippen LogP contribution in [0.15, 0.2) is 0 Å². The SMILES string of the molecule is CCO[Si](CCCN(C)C)(OCC)OCC.CO[Si](CCN(C)C)(OC)OC. The molecule has 0 aromatic heterocycles. The summed E-state index contributed by atoms with van der Waals surface area (Å²) in [5.74, 6) is 0. The highest BCUT2D eigenvalue weighted by Gasteiger charge is 2.39. The first-order valence-corrected chi connectivity index (χ1v) is 13.9. The van der Waals surface area contributed by atoms with E-state index in [2.05, 4.69) is 23.9 Å². The van der Waals surface area contributed by atoms with Crippen molar-refractivity contribution in [3.05, 3.63) is 0 Å². The van der Waals surface area contributed by atoms with Gasteiger partial charge in [-0.2, -0.15) is 0 Å². The summed E-state index contributed by atoms with van der Waals surface area (Å²) in [5.41, 5.74) is 0. The second kappa shape index (κ2) is 17.9. The van der Waals surface area contributed by atoms with Crippen LogP contribution in [0.5, 0.6) is 0 Å². The summed E-state index contributed by atoms with van der Waals surface area (Å²) in [5, 5.41) is 0. The van der Waals surface area contributed by atoms with Gasteiger partial charge in [-0.05, 0) is 61.9 Å². The third kappa shape index (κ3) is 14.2. The Labute approximate surface area is 176 Å². The lowest BCUT2D eigenvalue weighted by Gasteiger charge is -2.28. The van der Waals surface area contributed by atoms with Crippen LogP contribution in [0.3, 0.4) is 0 Å². The third-order valence-corrected chi connectivity index (χ3v) is 9.83. The summed E-state index contributed by atoms with van der Waals surface area (Å²) in [4.78, 5) is 4.25. The number of hydrogen-bond acceptors (Lipinski definition) is 8. The van der Waals surface area contributed by atoms with E-state index in [-0.39, 0.29) is 0 Å². The molecule has 0 heterocycles. The Morgan fingerprint density at radius 3 is 1.25 bits per heavy atom. The van der Waals surface area contributed by atoms with Gasteiger partial charge in [-0.25, -0.2) is 0 Å². The zero-order valence-corrected chi connectivity index (χ0v) is 22.0. The topological polar surface area (TPSA) is 61.9 Å². The first-order valence-electron chi connectivity index (χ1n) is 10.1. The molecule has 28 heavy (non-hydrogen) atoms. The first-order chi connectivity index (χ1) is 13.2. The van der Waals surface area contributed by atoms with Gasteiger partial charge in [-0.3, -0.25) is 0 Å². The predicted octanol–water partition coefficient (Wildman–Crippen LogP) is 2.41. The van der Waals surface area contributed by atoms with Crippen molar-refractivity contribution in [3.63, 3.8) is 0 Å². The van der Waals surface area contributed by atoms with Crippen molar-refractivity contribution in [1.82, 2.24) is 9.80 Å². The van der Waals surface area contributed by atoms with E-state index in [0.29, 0.717) is 19.8 Å². The highest BCUT2D eigenvalue weighted by molar-refractivity contribution is 6.61. The van der Waals surface area contributed by atoms with Crippen molar-refractivity contribution >= 4 is 17.6 Å². The van der Waals surface area contributed by atoms with Crippen LogP contribution in [0, 0.1) is 0 Å². The molecule has 0 aromatic rings. The van der Waals surface area contributed by atoms with E-state index < -0.39 is 17.6 Å². The van der Waals surface area contributed by atoms with Crippen LogP contribution >= 0.6 is 0 Å². The minimum absolute atomic E-state index is 0.661. The fraction of sp³-hybridized carbons (Fsp3) is 1.00. The fourth-order valence-electron chi connectivity index (χ4n) is 2.53. The van der Waals surface area contributed by atoms with Crippen molar-refractivity contribution in [3.8, 4) is 0 Å². The van der Waals surface area contributed by atoms with E-state index >= 15 is 0 Å². The van der Waals surface area contributed by atoms with Crippen molar-refractivity contribution in [2.24, 2.45) is 0 Å². The summed E-state index contributed by atoms with van der Waals surface area (Å²) in [7, 11) is 8.37. The summed E-state index contributed by atoms with van der Waals surface area (Å²) in [6.07, 6.45) is 1.05. The smallest absolute Gasteiger partial charge is 0.377 e. The maximum Gasteiger partial charge on any atom is 0.501 e. The van der Waals surface area contributed by atoms with Crippen LogP contribution in [0.25, 0.3) is 0 Å². The zero-order valence-electron chi connectivity index (χ0n) is 20.0. The normalized spacial score (nSPS) is 12.4. The molecule has 0 saturated carbocycles. The molecule has 0 amide bonds. The Bertz CT molecular complexity index is 323. The van der Waals surface area contributed by atoms with E-state index in [1.165, 1.54) is 0 Å². The van der Waals surface area contributed by atoms with Gasteiger partial charge >= 0.3 is 17.6 Å². The standard InChI is InChI=1S/C11H27NO3Si.C7H19NO3Si/c1-6-13-16(14-7-2,15-8-3)11-9-10-12(4)5;1-8(2)6-7-12(9-3,10-4)11-5/h6-11H2,1-5H3;6-7H2,1-5H3. The molecule has 10 heteroatoms. The second-order valence-electron chi connectivity index (χ2n) is 6.74. The van der Waals surface area contributed by atoms with Crippen molar-refractivity contribution in [2.75, 3.05) is 82.4 Å². The molecule has 0 fully saturated rings. The van der Waals surface area contributed by atoms with E-state index in [1.54, 1.807) is 21.3 Å². The Hall–Kier alpha value is 0.114. The van der Waals surface area contributed by atoms with Gasteiger partial charge in [-0.15, -0.1) is 0 Å². The van der Waals surface area contributed by atoms with E-state index in [9.17, 15) is 0 Å². The quantitative estimate of drug-likeness (QED) is 0.338. The molecule has 0 aliphatic carbocycles. The van der Waals surface area contributed by atoms with Crippen LogP contribution in [-0.4, -0.2) is 110 Å². The van der Waals surface area contributed by atoms with E-state index in [0.717, 1.165) is 31.6 Å². The number of hydrogen-bond donors (Lipinski definition) is 0. The van der Waals surface area contributed by atoms with Crippen LogP contribution in [-0.2, 0) is 26.6 Å². The van der Waals surface area contributed by atoms with Gasteiger partial charge in [0.1, 0.15) is 0 Å². The molecule has 172 valence electrons. The van der Waals surface area contributed by atoms with Crippen LogP contribution in [0.4, 0.5) is 0 Å². The molecule has 0 aliphatic rings. The van der Waals surface area contributed by atoms with Gasteiger partial charge in [0, 0.05) is 59.8 Å². The molecule has 0 saturated heterocycles. The molecule has 8 nitrogen and oxygen atoms in total. The van der Waals surface area contributed by atoms with Gasteiger partial charge in [-0.1, -0.05) is 0 Å². The molecule has 0 rings (SSSR count). The zero-order chi connectivity index (χ0) is 22.1. The third-order valence-electron chi connectivity index (χ3n) is 3.98. The molecule has 0 spiro atoms. The average Bonchev–Trinajstić information content (AvgIpc) is 2.64. The van der Waals surface area contributed by atoms with Gasteiger partial charge in [0.25, 0.3) is 0 Å². The summed E-state index contributed by atoms with van der Waals surface area (Å²) in [6, 6.07) is 1.73. The Balaban J connectivity index is 0. The summed E-state index contributed by atoms with van der Waals surface area (Å²) in [6.45, 7) is 9.92. The van der Waals surface area contributed by atoms with E-state index in [4.69, 9.17) is 26.6 Å². The largest absolute Gasteiger partial charge is 0.501 e. The van der Waals surface area contributed by atoms with E-state index in [1.807, 2.05) is 34.9 Å². The number of nitrogens with zero attached hydrogens (tertiary/aromatic N) is 2. The maximum atomic E-state index is 5.77. The Kier molecular flexibility index (Phi) is 19.4. The lowest BCUT2D eigenvalue weighted by Crippen LogP contribution is -2.46. The van der Waals surface area contributed by atoms with Crippen LogP contribution < -0.4 is 0 Å². The van der Waals surface area contributed by atoms with Crippen molar-refractivity contribution in [1.29, 1.82) is 0 Å². The Morgan fingerprint density at radius 1 is 0.571 bits per heavy atom. The summed E-state index contributed by atoms with van der Waals surface area (Å²) >= 11 is 0. The summed E-state index contributed by atoms with van der Waals surface area (Å²) < 4.78 is 33.1. The van der Waals surface area contributed by atoms with Crippen LogP contribution in [0.2, 0.25) is 12.1 Å². The molecule has 0 bridgehead atoms. The van der Waals surface area contributed by atoms with Gasteiger partial charge in [0.2, 0.25) is 0 Å². The Morgan fingerprint density at radius 2 is 0.964 bits per heavy atom. The molecule has 0 aliphatic heterocycles. The molecule has 0 radical (unpaired) electrons. The monoisotopic (exact) mass is 442 g/mol. The number of rotatable bonds is 16. The molecule has 0 unspecified atom stereocenters. The first kappa shape index (κ1) is 30.3. The highest BCUT2D eigenvalue weighted by atomic mass is 28.4. The fourth-order valence-corrected chi connectivity index (χ4v) is 6.96. The molecule has 0 N–H and O–H groups in total. The maximum absolute atomic E-state index is 5.77. The highest BCUT2D eigenvalue weighted by Crippen LogP contribution is 2.18. The lowest BCUT2D eigenvalue weighted by molar-refractivity contribution is 0.0703. The second-order valence-corrected chi connectivity index (χ2v) is 12.6. The van der Waals surface area contributed by atoms with Crippen LogP contribution in [0.1, 0.15) is 27.2 Å². The minimum atomic E-state index is -2.39. The molecule has 0 atom stereocenters. The van der Waals surface area contributed by atoms with Gasteiger partial charge in [0.15, 0.2) is 0 Å². The molecule has 0 aromatic carbocycles.